The number of carbonyl (C=O) groups is 2. The maximum Gasteiger partial charge on any atom is 0.287 e. The molecule has 0 spiro atoms. The van der Waals surface area contributed by atoms with Crippen LogP contribution in [0, 0.1) is 0 Å². The quantitative estimate of drug-likeness (QED) is 0.209. The molecule has 1 aromatic heterocycles. The summed E-state index contributed by atoms with van der Waals surface area (Å²) in [6.07, 6.45) is 7.06. The molecule has 9 heteroatoms. The van der Waals surface area contributed by atoms with Crippen molar-refractivity contribution in [1.82, 2.24) is 10.2 Å². The van der Waals surface area contributed by atoms with Gasteiger partial charge >= 0.3 is 0 Å². The van der Waals surface area contributed by atoms with Crippen LogP contribution in [0.25, 0.3) is 11.0 Å². The number of likely N-dealkylation sites (tertiary alicyclic amines) is 1. The summed E-state index contributed by atoms with van der Waals surface area (Å²) in [7, 11) is 1.53. The number of halogens is 1. The molecule has 0 saturated carbocycles. The minimum Gasteiger partial charge on any atom is -0.497 e. The molecule has 2 aliphatic heterocycles. The maximum atomic E-state index is 13.5. The third-order valence-corrected chi connectivity index (χ3v) is 9.05. The molecule has 3 heterocycles. The third-order valence-electron chi connectivity index (χ3n) is 8.80. The van der Waals surface area contributed by atoms with Gasteiger partial charge in [0.05, 0.1) is 18.5 Å². The minimum absolute atomic E-state index is 0.0409. The molecule has 0 radical (unpaired) electrons. The van der Waals surface area contributed by atoms with Crippen LogP contribution in [0.2, 0.25) is 5.02 Å². The van der Waals surface area contributed by atoms with Gasteiger partial charge in [-0.15, -0.1) is 0 Å². The molecule has 2 fully saturated rings. The molecule has 2 saturated heterocycles. The number of anilines is 1. The third kappa shape index (κ3) is 7.45. The first-order valence-electron chi connectivity index (χ1n) is 15.8. The van der Waals surface area contributed by atoms with Gasteiger partial charge < -0.3 is 24.3 Å². The van der Waals surface area contributed by atoms with Crippen molar-refractivity contribution in [3.63, 3.8) is 0 Å². The number of carbonyl (C=O) groups excluding carboxylic acids is 2. The van der Waals surface area contributed by atoms with E-state index in [-0.39, 0.29) is 23.1 Å². The first-order chi connectivity index (χ1) is 22.4. The number of benzene rings is 3. The monoisotopic (exact) mass is 639 g/mol. The van der Waals surface area contributed by atoms with Crippen molar-refractivity contribution in [2.24, 2.45) is 0 Å². The average Bonchev–Trinajstić information content (AvgIpc) is 3.07. The Morgan fingerprint density at radius 3 is 2.52 bits per heavy atom. The molecule has 0 bridgehead atoms. The highest BCUT2D eigenvalue weighted by atomic mass is 35.5. The molecule has 8 nitrogen and oxygen atoms in total. The first-order valence-corrected chi connectivity index (χ1v) is 16.2. The molecule has 0 unspecified atom stereocenters. The van der Waals surface area contributed by atoms with Crippen LogP contribution in [0.3, 0.4) is 0 Å². The Morgan fingerprint density at radius 1 is 0.978 bits per heavy atom. The molecule has 1 atom stereocenters. The normalized spacial score (nSPS) is 16.0. The molecule has 4 aromatic rings. The number of methoxy groups -OCH3 is 1. The van der Waals surface area contributed by atoms with Crippen LogP contribution < -0.4 is 20.4 Å². The average molecular weight is 640 g/mol. The van der Waals surface area contributed by atoms with Crippen molar-refractivity contribution in [3.8, 4) is 5.75 Å². The van der Waals surface area contributed by atoms with Gasteiger partial charge in [0.1, 0.15) is 11.3 Å². The van der Waals surface area contributed by atoms with Gasteiger partial charge in [0.2, 0.25) is 5.91 Å². The second-order valence-corrected chi connectivity index (χ2v) is 12.4. The fraction of sp³-hybridized carbons (Fsp3) is 0.324. The lowest BCUT2D eigenvalue weighted by atomic mass is 9.97. The second-order valence-electron chi connectivity index (χ2n) is 12.0. The molecule has 46 heavy (non-hydrogen) atoms. The van der Waals surface area contributed by atoms with E-state index in [0.717, 1.165) is 50.9 Å². The van der Waals surface area contributed by atoms with Gasteiger partial charge in [0.25, 0.3) is 5.91 Å². The predicted molar refractivity (Wildman–Crippen MR) is 181 cm³/mol. The highest BCUT2D eigenvalue weighted by Crippen LogP contribution is 2.29. The van der Waals surface area contributed by atoms with Crippen molar-refractivity contribution in [3.05, 3.63) is 117 Å². The van der Waals surface area contributed by atoms with Crippen LogP contribution in [0.5, 0.6) is 5.75 Å². The number of nitrogens with one attached hydrogen (secondary N) is 1. The van der Waals surface area contributed by atoms with Gasteiger partial charge in [0.15, 0.2) is 11.2 Å². The molecular weight excluding hydrogens is 602 g/mol. The number of piperidine rings is 2. The second kappa shape index (κ2) is 14.3. The lowest BCUT2D eigenvalue weighted by molar-refractivity contribution is -0.133. The van der Waals surface area contributed by atoms with Crippen LogP contribution in [0.15, 0.2) is 93.7 Å². The standard InChI is InChI=1S/C37H38ClN3O5/c1-45-30-13-14-34-31(22-30)33(42)23-35(46-34)37(44)39-29(20-25-9-11-28(38)12-10-25)21-26-15-18-40(19-16-26)32-7-3-2-6-27(32)24-41-17-5-4-8-36(41)43/h2-3,6-7,9-14,21-23,29H,4-5,8,15-20,24H2,1H3,(H,39,44)/t29-/m0/s1. The summed E-state index contributed by atoms with van der Waals surface area (Å²) in [4.78, 5) is 43.2. The molecule has 2 aliphatic rings. The van der Waals surface area contributed by atoms with Crippen molar-refractivity contribution < 1.29 is 18.7 Å². The summed E-state index contributed by atoms with van der Waals surface area (Å²) >= 11 is 6.13. The molecule has 3 aromatic carbocycles. The van der Waals surface area contributed by atoms with Crippen molar-refractivity contribution >= 4 is 40.1 Å². The molecule has 2 amide bonds. The summed E-state index contributed by atoms with van der Waals surface area (Å²) in [5, 5.41) is 4.10. The van der Waals surface area contributed by atoms with Gasteiger partial charge in [-0.3, -0.25) is 14.4 Å². The Bertz CT molecular complexity index is 1810. The Labute approximate surface area is 273 Å². The van der Waals surface area contributed by atoms with Crippen LogP contribution in [0.4, 0.5) is 5.69 Å². The number of hydrogen-bond acceptors (Lipinski definition) is 6. The highest BCUT2D eigenvalue weighted by Gasteiger charge is 2.23. The minimum atomic E-state index is -0.454. The summed E-state index contributed by atoms with van der Waals surface area (Å²) in [5.74, 6) is 0.283. The lowest BCUT2D eigenvalue weighted by Crippen LogP contribution is -2.37. The largest absolute Gasteiger partial charge is 0.497 e. The number of amides is 2. The lowest BCUT2D eigenvalue weighted by Gasteiger charge is -2.34. The Balaban J connectivity index is 1.18. The van der Waals surface area contributed by atoms with Crippen molar-refractivity contribution in [2.45, 2.75) is 51.1 Å². The highest BCUT2D eigenvalue weighted by molar-refractivity contribution is 6.30. The van der Waals surface area contributed by atoms with E-state index in [2.05, 4.69) is 34.5 Å². The number of rotatable bonds is 9. The van der Waals surface area contributed by atoms with E-state index >= 15 is 0 Å². The van der Waals surface area contributed by atoms with Gasteiger partial charge in [-0.25, -0.2) is 0 Å². The Hall–Kier alpha value is -4.56. The molecule has 6 rings (SSSR count). The van der Waals surface area contributed by atoms with Gasteiger partial charge in [0, 0.05) is 49.4 Å². The summed E-state index contributed by atoms with van der Waals surface area (Å²) in [6.45, 7) is 3.13. The van der Waals surface area contributed by atoms with Crippen molar-refractivity contribution in [1.29, 1.82) is 0 Å². The topological polar surface area (TPSA) is 92.1 Å². The van der Waals surface area contributed by atoms with Gasteiger partial charge in [-0.1, -0.05) is 53.6 Å². The zero-order valence-corrected chi connectivity index (χ0v) is 26.7. The maximum absolute atomic E-state index is 13.5. The van der Waals surface area contributed by atoms with E-state index in [4.69, 9.17) is 20.8 Å². The Morgan fingerprint density at radius 2 is 1.76 bits per heavy atom. The van der Waals surface area contributed by atoms with Gasteiger partial charge in [-0.2, -0.15) is 0 Å². The van der Waals surface area contributed by atoms with E-state index in [9.17, 15) is 14.4 Å². The zero-order chi connectivity index (χ0) is 32.0. The van der Waals surface area contributed by atoms with E-state index < -0.39 is 5.91 Å². The molecular formula is C37H38ClN3O5. The molecule has 1 N–H and O–H groups in total. The summed E-state index contributed by atoms with van der Waals surface area (Å²) in [5.41, 5.74) is 4.64. The van der Waals surface area contributed by atoms with Crippen molar-refractivity contribution in [2.75, 3.05) is 31.6 Å². The first kappa shape index (κ1) is 31.4. The van der Waals surface area contributed by atoms with Crippen LogP contribution >= 0.6 is 11.6 Å². The Kier molecular flexibility index (Phi) is 9.73. The summed E-state index contributed by atoms with van der Waals surface area (Å²) < 4.78 is 11.1. The van der Waals surface area contributed by atoms with E-state index in [1.165, 1.54) is 30.0 Å². The van der Waals surface area contributed by atoms with Crippen LogP contribution in [-0.4, -0.2) is 49.5 Å². The van der Waals surface area contributed by atoms with Crippen LogP contribution in [0.1, 0.15) is 53.8 Å². The van der Waals surface area contributed by atoms with E-state index in [1.54, 1.807) is 18.2 Å². The predicted octanol–water partition coefficient (Wildman–Crippen LogP) is 6.54. The SMILES string of the molecule is COc1ccc2oc(C(=O)N[C@H](C=C3CCN(c4ccccc4CN4CCCCC4=O)CC3)Cc3ccc(Cl)cc3)cc(=O)c2c1. The number of nitrogens with zero attached hydrogens (tertiary/aromatic N) is 2. The fourth-order valence-electron chi connectivity index (χ4n) is 6.31. The van der Waals surface area contributed by atoms with Crippen LogP contribution in [-0.2, 0) is 17.8 Å². The smallest absolute Gasteiger partial charge is 0.287 e. The van der Waals surface area contributed by atoms with E-state index in [0.29, 0.717) is 41.1 Å². The number of fused-ring (bicyclic) bond motifs is 1. The van der Waals surface area contributed by atoms with Gasteiger partial charge in [-0.05, 0) is 79.6 Å². The molecule has 238 valence electrons. The molecule has 0 aliphatic carbocycles. The number of ether oxygens (including phenoxy) is 1. The number of para-hydroxylation sites is 1. The zero-order valence-electron chi connectivity index (χ0n) is 26.0. The fourth-order valence-corrected chi connectivity index (χ4v) is 6.44. The summed E-state index contributed by atoms with van der Waals surface area (Å²) in [6, 6.07) is 21.8. The number of hydrogen-bond donors (Lipinski definition) is 1. The van der Waals surface area contributed by atoms with E-state index in [1.807, 2.05) is 35.2 Å².